The molecule has 1 aliphatic carbocycles. The van der Waals surface area contributed by atoms with E-state index in [9.17, 15) is 0 Å². The summed E-state index contributed by atoms with van der Waals surface area (Å²) < 4.78 is 5.56. The molecular formula is C16H29N3OS. The molecule has 4 nitrogen and oxygen atoms in total. The van der Waals surface area contributed by atoms with Gasteiger partial charge in [0.25, 0.3) is 0 Å². The maximum absolute atomic E-state index is 5.56. The number of hydrogen-bond donors (Lipinski definition) is 1. The summed E-state index contributed by atoms with van der Waals surface area (Å²) in [5.74, 6) is 3.29. The number of nitrogens with one attached hydrogen (secondary N) is 1. The molecule has 0 bridgehead atoms. The molecule has 0 spiro atoms. The van der Waals surface area contributed by atoms with Gasteiger partial charge in [-0.25, -0.2) is 0 Å². The van der Waals surface area contributed by atoms with Crippen LogP contribution in [0.2, 0.25) is 0 Å². The number of thioether (sulfide) groups is 1. The lowest BCUT2D eigenvalue weighted by Gasteiger charge is -2.24. The Morgan fingerprint density at radius 2 is 2.00 bits per heavy atom. The summed E-state index contributed by atoms with van der Waals surface area (Å²) in [4.78, 5) is 4.66. The van der Waals surface area contributed by atoms with Gasteiger partial charge in [0.15, 0.2) is 5.82 Å². The third-order valence-electron chi connectivity index (χ3n) is 4.30. The molecule has 120 valence electrons. The zero-order chi connectivity index (χ0) is 15.2. The van der Waals surface area contributed by atoms with Gasteiger partial charge in [-0.2, -0.15) is 16.7 Å². The first-order valence-corrected chi connectivity index (χ1v) is 9.34. The van der Waals surface area contributed by atoms with E-state index in [4.69, 9.17) is 4.52 Å². The van der Waals surface area contributed by atoms with Crippen molar-refractivity contribution in [2.24, 2.45) is 5.92 Å². The Kier molecular flexibility index (Phi) is 6.55. The van der Waals surface area contributed by atoms with Gasteiger partial charge in [-0.05, 0) is 32.2 Å². The topological polar surface area (TPSA) is 51.0 Å². The van der Waals surface area contributed by atoms with E-state index in [-0.39, 0.29) is 5.92 Å². The summed E-state index contributed by atoms with van der Waals surface area (Å²) in [5, 5.41) is 8.47. The lowest BCUT2D eigenvalue weighted by Crippen LogP contribution is -2.34. The minimum atomic E-state index is 0.280. The Balaban J connectivity index is 1.95. The fourth-order valence-corrected chi connectivity index (χ4v) is 4.40. The fourth-order valence-electron chi connectivity index (χ4n) is 3.23. The maximum Gasteiger partial charge on any atom is 0.231 e. The van der Waals surface area contributed by atoms with E-state index in [1.807, 2.05) is 11.8 Å². The van der Waals surface area contributed by atoms with Crippen molar-refractivity contribution in [3.05, 3.63) is 11.7 Å². The molecule has 0 radical (unpaired) electrons. The van der Waals surface area contributed by atoms with E-state index in [1.165, 1.54) is 25.7 Å². The van der Waals surface area contributed by atoms with E-state index in [1.54, 1.807) is 0 Å². The Hall–Kier alpha value is -0.550. The molecule has 0 saturated heterocycles. The fraction of sp³-hybridized carbons (Fsp3) is 0.875. The normalized spacial score (nSPS) is 19.3. The lowest BCUT2D eigenvalue weighted by atomic mass is 9.89. The van der Waals surface area contributed by atoms with Crippen molar-refractivity contribution >= 4 is 11.8 Å². The van der Waals surface area contributed by atoms with Crippen LogP contribution in [0.5, 0.6) is 0 Å². The summed E-state index contributed by atoms with van der Waals surface area (Å²) >= 11 is 1.99. The first kappa shape index (κ1) is 16.8. The molecule has 21 heavy (non-hydrogen) atoms. The molecule has 0 amide bonds. The molecule has 1 saturated carbocycles. The largest absolute Gasteiger partial charge is 0.339 e. The molecule has 1 fully saturated rings. The Bertz CT molecular complexity index is 415. The van der Waals surface area contributed by atoms with Gasteiger partial charge in [0.1, 0.15) is 0 Å². The second-order valence-corrected chi connectivity index (χ2v) is 7.67. The first-order chi connectivity index (χ1) is 10.1. The quantitative estimate of drug-likeness (QED) is 0.787. The third-order valence-corrected chi connectivity index (χ3v) is 5.67. The molecule has 2 unspecified atom stereocenters. The van der Waals surface area contributed by atoms with E-state index in [2.05, 4.69) is 43.2 Å². The van der Waals surface area contributed by atoms with Crippen LogP contribution in [0, 0.1) is 5.92 Å². The van der Waals surface area contributed by atoms with Crippen molar-refractivity contribution in [3.63, 3.8) is 0 Å². The van der Waals surface area contributed by atoms with Gasteiger partial charge in [-0.15, -0.1) is 0 Å². The highest BCUT2D eigenvalue weighted by atomic mass is 32.2. The van der Waals surface area contributed by atoms with Crippen LogP contribution >= 0.6 is 11.8 Å². The number of aromatic nitrogens is 2. The van der Waals surface area contributed by atoms with E-state index in [0.717, 1.165) is 29.3 Å². The highest BCUT2D eigenvalue weighted by Gasteiger charge is 2.28. The monoisotopic (exact) mass is 311 g/mol. The lowest BCUT2D eigenvalue weighted by molar-refractivity contribution is 0.280. The molecule has 1 heterocycles. The van der Waals surface area contributed by atoms with Gasteiger partial charge in [0.05, 0.1) is 11.7 Å². The Labute approximate surface area is 132 Å². The molecule has 5 heteroatoms. The predicted octanol–water partition coefficient (Wildman–Crippen LogP) is 3.98. The molecule has 0 aliphatic heterocycles. The number of hydrogen-bond acceptors (Lipinski definition) is 5. The van der Waals surface area contributed by atoms with Crippen LogP contribution in [-0.2, 0) is 5.75 Å². The Morgan fingerprint density at radius 1 is 1.29 bits per heavy atom. The zero-order valence-corrected chi connectivity index (χ0v) is 14.6. The van der Waals surface area contributed by atoms with Crippen molar-refractivity contribution in [1.82, 2.24) is 15.5 Å². The van der Waals surface area contributed by atoms with Crippen LogP contribution in [-0.4, -0.2) is 28.0 Å². The standard InChI is InChI=1S/C16H29N3OS/c1-5-17-12(4)15(11(2)3)16-18-14(19-20-16)10-21-13-8-6-7-9-13/h11-13,15,17H,5-10H2,1-4H3. The molecule has 2 rings (SSSR count). The summed E-state index contributed by atoms with van der Waals surface area (Å²) in [6.07, 6.45) is 5.46. The first-order valence-electron chi connectivity index (χ1n) is 8.29. The van der Waals surface area contributed by atoms with E-state index < -0.39 is 0 Å². The predicted molar refractivity (Wildman–Crippen MR) is 88.6 cm³/mol. The van der Waals surface area contributed by atoms with E-state index >= 15 is 0 Å². The van der Waals surface area contributed by atoms with Crippen molar-refractivity contribution < 1.29 is 4.52 Å². The van der Waals surface area contributed by atoms with Gasteiger partial charge in [0, 0.05) is 11.3 Å². The maximum atomic E-state index is 5.56. The second-order valence-electron chi connectivity index (χ2n) is 6.38. The van der Waals surface area contributed by atoms with Gasteiger partial charge in [0.2, 0.25) is 5.89 Å². The van der Waals surface area contributed by atoms with Crippen LogP contribution in [0.25, 0.3) is 0 Å². The minimum absolute atomic E-state index is 0.280. The second kappa shape index (κ2) is 8.18. The molecule has 0 aromatic carbocycles. The number of rotatable bonds is 8. The van der Waals surface area contributed by atoms with Gasteiger partial charge < -0.3 is 9.84 Å². The molecular weight excluding hydrogens is 282 g/mol. The molecule has 1 N–H and O–H groups in total. The molecule has 1 aromatic rings. The number of nitrogens with zero attached hydrogens (tertiary/aromatic N) is 2. The molecule has 1 aliphatic rings. The van der Waals surface area contributed by atoms with Gasteiger partial charge >= 0.3 is 0 Å². The van der Waals surface area contributed by atoms with Crippen LogP contribution in [0.1, 0.15) is 71.0 Å². The number of likely N-dealkylation sites (N-methyl/N-ethyl adjacent to an activating group) is 1. The highest BCUT2D eigenvalue weighted by Crippen LogP contribution is 2.32. The van der Waals surface area contributed by atoms with Crippen LogP contribution in [0.3, 0.4) is 0 Å². The zero-order valence-electron chi connectivity index (χ0n) is 13.8. The van der Waals surface area contributed by atoms with Crippen molar-refractivity contribution in [2.45, 2.75) is 76.3 Å². The van der Waals surface area contributed by atoms with Crippen LogP contribution in [0.15, 0.2) is 4.52 Å². The molecule has 2 atom stereocenters. The van der Waals surface area contributed by atoms with Crippen LogP contribution < -0.4 is 5.32 Å². The van der Waals surface area contributed by atoms with Crippen LogP contribution in [0.4, 0.5) is 0 Å². The van der Waals surface area contributed by atoms with Gasteiger partial charge in [-0.3, -0.25) is 0 Å². The SMILES string of the molecule is CCNC(C)C(c1nc(CSC2CCCC2)no1)C(C)C. The van der Waals surface area contributed by atoms with E-state index in [0.29, 0.717) is 12.0 Å². The summed E-state index contributed by atoms with van der Waals surface area (Å²) in [6.45, 7) is 9.73. The van der Waals surface area contributed by atoms with Gasteiger partial charge in [-0.1, -0.05) is 38.8 Å². The highest BCUT2D eigenvalue weighted by molar-refractivity contribution is 7.99. The average Bonchev–Trinajstić information content (AvgIpc) is 3.07. The smallest absolute Gasteiger partial charge is 0.231 e. The van der Waals surface area contributed by atoms with Crippen molar-refractivity contribution in [1.29, 1.82) is 0 Å². The summed E-state index contributed by atoms with van der Waals surface area (Å²) in [5.41, 5.74) is 0. The third kappa shape index (κ3) is 4.71. The van der Waals surface area contributed by atoms with Crippen molar-refractivity contribution in [3.8, 4) is 0 Å². The minimum Gasteiger partial charge on any atom is -0.339 e. The summed E-state index contributed by atoms with van der Waals surface area (Å²) in [7, 11) is 0. The van der Waals surface area contributed by atoms with Crippen molar-refractivity contribution in [2.75, 3.05) is 6.54 Å². The Morgan fingerprint density at radius 3 is 2.62 bits per heavy atom. The summed E-state index contributed by atoms with van der Waals surface area (Å²) in [6, 6.07) is 0.353. The molecule has 1 aromatic heterocycles. The average molecular weight is 311 g/mol.